The van der Waals surface area contributed by atoms with Gasteiger partial charge in [-0.3, -0.25) is 4.90 Å². The minimum Gasteiger partial charge on any atom is -0.444 e. The zero-order valence-electron chi connectivity index (χ0n) is 13.3. The molecule has 0 radical (unpaired) electrons. The second-order valence-electron chi connectivity index (χ2n) is 6.33. The number of hydrogen-bond donors (Lipinski definition) is 0. The van der Waals surface area contributed by atoms with Crippen molar-refractivity contribution >= 4 is 6.09 Å². The lowest BCUT2D eigenvalue weighted by Gasteiger charge is -2.26. The molecule has 1 aliphatic heterocycles. The topological polar surface area (TPSA) is 71.7 Å². The van der Waals surface area contributed by atoms with Crippen LogP contribution in [0.4, 0.5) is 4.79 Å². The molecule has 2 heterocycles. The van der Waals surface area contributed by atoms with Crippen LogP contribution in [0.5, 0.6) is 0 Å². The summed E-state index contributed by atoms with van der Waals surface area (Å²) in [6.45, 7) is 11.2. The molecule has 0 atom stereocenters. The number of aromatic nitrogens is 2. The average molecular weight is 296 g/mol. The molecule has 0 bridgehead atoms. The minimum atomic E-state index is -0.453. The normalized spacial score (nSPS) is 17.6. The maximum Gasteiger partial charge on any atom is 0.410 e. The van der Waals surface area contributed by atoms with E-state index in [1.54, 1.807) is 11.8 Å². The standard InChI is InChI=1S/C14H24N4O3/c1-11-15-12(16-21-11)10-17-6-5-7-18(9-8-17)13(19)20-14(2,3)4/h5-10H2,1-4H3. The highest BCUT2D eigenvalue weighted by atomic mass is 16.6. The summed E-state index contributed by atoms with van der Waals surface area (Å²) in [7, 11) is 0. The van der Waals surface area contributed by atoms with Crippen LogP contribution in [0.1, 0.15) is 38.9 Å². The molecular formula is C14H24N4O3. The van der Waals surface area contributed by atoms with E-state index < -0.39 is 5.60 Å². The first-order valence-corrected chi connectivity index (χ1v) is 7.33. The molecule has 1 aromatic rings. The van der Waals surface area contributed by atoms with Gasteiger partial charge >= 0.3 is 6.09 Å². The van der Waals surface area contributed by atoms with Gasteiger partial charge < -0.3 is 14.2 Å². The molecule has 21 heavy (non-hydrogen) atoms. The van der Waals surface area contributed by atoms with E-state index in [2.05, 4.69) is 15.0 Å². The Balaban J connectivity index is 1.85. The smallest absolute Gasteiger partial charge is 0.410 e. The van der Waals surface area contributed by atoms with Crippen LogP contribution in [0.15, 0.2) is 4.52 Å². The second-order valence-corrected chi connectivity index (χ2v) is 6.33. The van der Waals surface area contributed by atoms with E-state index in [1.165, 1.54) is 0 Å². The van der Waals surface area contributed by atoms with Crippen LogP contribution in [-0.4, -0.2) is 57.8 Å². The van der Waals surface area contributed by atoms with Gasteiger partial charge in [0.1, 0.15) is 5.60 Å². The van der Waals surface area contributed by atoms with Crippen LogP contribution in [0.2, 0.25) is 0 Å². The molecule has 1 aliphatic rings. The van der Waals surface area contributed by atoms with Gasteiger partial charge in [-0.2, -0.15) is 4.98 Å². The summed E-state index contributed by atoms with van der Waals surface area (Å²) < 4.78 is 10.4. The zero-order valence-corrected chi connectivity index (χ0v) is 13.3. The van der Waals surface area contributed by atoms with E-state index in [9.17, 15) is 4.79 Å². The number of aryl methyl sites for hydroxylation is 1. The number of hydrogen-bond acceptors (Lipinski definition) is 6. The van der Waals surface area contributed by atoms with Gasteiger partial charge in [0.05, 0.1) is 6.54 Å². The van der Waals surface area contributed by atoms with Crippen molar-refractivity contribution < 1.29 is 14.1 Å². The van der Waals surface area contributed by atoms with Crippen molar-refractivity contribution in [2.45, 2.75) is 46.3 Å². The van der Waals surface area contributed by atoms with Gasteiger partial charge in [-0.25, -0.2) is 4.79 Å². The maximum absolute atomic E-state index is 12.1. The molecule has 1 amide bonds. The summed E-state index contributed by atoms with van der Waals surface area (Å²) in [5, 5.41) is 3.91. The van der Waals surface area contributed by atoms with Gasteiger partial charge in [0.2, 0.25) is 5.89 Å². The molecule has 0 aliphatic carbocycles. The molecule has 2 rings (SSSR count). The zero-order chi connectivity index (χ0) is 15.5. The Bertz CT molecular complexity index is 481. The minimum absolute atomic E-state index is 0.236. The van der Waals surface area contributed by atoms with E-state index in [0.29, 0.717) is 24.8 Å². The summed E-state index contributed by atoms with van der Waals surface area (Å²) in [5.41, 5.74) is -0.453. The Kier molecular flexibility index (Phi) is 4.82. The fraction of sp³-hybridized carbons (Fsp3) is 0.786. The third-order valence-corrected chi connectivity index (χ3v) is 3.17. The quantitative estimate of drug-likeness (QED) is 0.829. The summed E-state index contributed by atoms with van der Waals surface area (Å²) in [5.74, 6) is 1.27. The van der Waals surface area contributed by atoms with E-state index in [-0.39, 0.29) is 6.09 Å². The van der Waals surface area contributed by atoms with Gasteiger partial charge in [0, 0.05) is 33.1 Å². The number of amides is 1. The third-order valence-electron chi connectivity index (χ3n) is 3.17. The fourth-order valence-corrected chi connectivity index (χ4v) is 2.24. The Morgan fingerprint density at radius 3 is 2.67 bits per heavy atom. The predicted octanol–water partition coefficient (Wildman–Crippen LogP) is 1.82. The van der Waals surface area contributed by atoms with E-state index >= 15 is 0 Å². The molecule has 0 unspecified atom stereocenters. The van der Waals surface area contributed by atoms with Crippen molar-refractivity contribution in [1.29, 1.82) is 0 Å². The lowest BCUT2D eigenvalue weighted by molar-refractivity contribution is 0.0257. The van der Waals surface area contributed by atoms with E-state index in [0.717, 1.165) is 26.1 Å². The average Bonchev–Trinajstić information content (AvgIpc) is 2.62. The molecule has 0 saturated carbocycles. The Morgan fingerprint density at radius 2 is 2.05 bits per heavy atom. The van der Waals surface area contributed by atoms with E-state index in [1.807, 2.05) is 20.8 Å². The molecule has 7 heteroatoms. The van der Waals surface area contributed by atoms with Crippen LogP contribution >= 0.6 is 0 Å². The molecule has 1 fully saturated rings. The number of rotatable bonds is 2. The van der Waals surface area contributed by atoms with Crippen LogP contribution in [0.25, 0.3) is 0 Å². The first kappa shape index (κ1) is 15.8. The van der Waals surface area contributed by atoms with Gasteiger partial charge in [-0.1, -0.05) is 5.16 Å². The van der Waals surface area contributed by atoms with Gasteiger partial charge in [-0.05, 0) is 27.2 Å². The first-order chi connectivity index (χ1) is 9.83. The molecule has 0 spiro atoms. The highest BCUT2D eigenvalue weighted by Gasteiger charge is 2.24. The Labute approximate surface area is 125 Å². The van der Waals surface area contributed by atoms with Gasteiger partial charge in [-0.15, -0.1) is 0 Å². The summed E-state index contributed by atoms with van der Waals surface area (Å²) in [6.07, 6.45) is 0.676. The highest BCUT2D eigenvalue weighted by molar-refractivity contribution is 5.68. The number of nitrogens with zero attached hydrogens (tertiary/aromatic N) is 4. The summed E-state index contributed by atoms with van der Waals surface area (Å²) in [6, 6.07) is 0. The lowest BCUT2D eigenvalue weighted by Crippen LogP contribution is -2.39. The van der Waals surface area contributed by atoms with Crippen molar-refractivity contribution in [3.8, 4) is 0 Å². The summed E-state index contributed by atoms with van der Waals surface area (Å²) >= 11 is 0. The largest absolute Gasteiger partial charge is 0.444 e. The molecule has 1 saturated heterocycles. The fourth-order valence-electron chi connectivity index (χ4n) is 2.24. The molecular weight excluding hydrogens is 272 g/mol. The number of carbonyl (C=O) groups excluding carboxylic acids is 1. The highest BCUT2D eigenvalue weighted by Crippen LogP contribution is 2.13. The number of ether oxygens (including phenoxy) is 1. The van der Waals surface area contributed by atoms with Crippen molar-refractivity contribution in [3.63, 3.8) is 0 Å². The first-order valence-electron chi connectivity index (χ1n) is 7.33. The van der Waals surface area contributed by atoms with Gasteiger partial charge in [0.15, 0.2) is 5.82 Å². The van der Waals surface area contributed by atoms with Crippen molar-refractivity contribution in [2.75, 3.05) is 26.2 Å². The van der Waals surface area contributed by atoms with Crippen molar-refractivity contribution in [3.05, 3.63) is 11.7 Å². The van der Waals surface area contributed by atoms with E-state index in [4.69, 9.17) is 9.26 Å². The van der Waals surface area contributed by atoms with Gasteiger partial charge in [0.25, 0.3) is 0 Å². The van der Waals surface area contributed by atoms with Crippen LogP contribution in [-0.2, 0) is 11.3 Å². The van der Waals surface area contributed by atoms with Crippen LogP contribution < -0.4 is 0 Å². The lowest BCUT2D eigenvalue weighted by atomic mass is 10.2. The van der Waals surface area contributed by atoms with Crippen LogP contribution in [0, 0.1) is 6.92 Å². The molecule has 118 valence electrons. The molecule has 7 nitrogen and oxygen atoms in total. The number of carbonyl (C=O) groups is 1. The molecule has 1 aromatic heterocycles. The predicted molar refractivity (Wildman–Crippen MR) is 76.7 cm³/mol. The van der Waals surface area contributed by atoms with Crippen molar-refractivity contribution in [2.24, 2.45) is 0 Å². The Morgan fingerprint density at radius 1 is 1.29 bits per heavy atom. The molecule has 0 aromatic carbocycles. The van der Waals surface area contributed by atoms with Crippen molar-refractivity contribution in [1.82, 2.24) is 19.9 Å². The SMILES string of the molecule is Cc1nc(CN2CCCN(C(=O)OC(C)(C)C)CC2)no1. The van der Waals surface area contributed by atoms with Crippen LogP contribution in [0.3, 0.4) is 0 Å². The second kappa shape index (κ2) is 6.43. The maximum atomic E-state index is 12.1. The summed E-state index contributed by atoms with van der Waals surface area (Å²) in [4.78, 5) is 20.3. The Hall–Kier alpha value is -1.63. The third kappa shape index (κ3) is 5.00. The monoisotopic (exact) mass is 296 g/mol. The molecule has 0 N–H and O–H groups in total.